The summed E-state index contributed by atoms with van der Waals surface area (Å²) in [4.78, 5) is 0. The SMILES string of the molecule is [2H]c1c2ccccc2c(-c2ccc3[se]c4cccc(-c5c6ccccc6c([2H])c6ccccc56)c4c3c2)c2ccccc12. The number of hydrogen-bond acceptors (Lipinski definition) is 0. The standard InChI is InChI=1S/C40H24Se/c1-5-14-30-25(10-1)22-26-11-2-6-15-31(26)38(30)29-20-21-36-35(24-29)40-34(18-9-19-37(40)41-36)39-32-16-7-3-12-27(32)23-28-13-4-8-17-33(28)39/h1-24H/i22D,23D. The van der Waals surface area contributed by atoms with Gasteiger partial charge in [-0.05, 0) is 0 Å². The average molecular weight is 586 g/mol. The van der Waals surface area contributed by atoms with Crippen LogP contribution >= 0.6 is 0 Å². The van der Waals surface area contributed by atoms with Crippen molar-refractivity contribution in [1.29, 1.82) is 0 Å². The molecule has 0 radical (unpaired) electrons. The fourth-order valence-corrected chi connectivity index (χ4v) is 8.95. The second-order valence-electron chi connectivity index (χ2n) is 10.7. The first-order valence-corrected chi connectivity index (χ1v) is 15.7. The van der Waals surface area contributed by atoms with Gasteiger partial charge in [0.15, 0.2) is 0 Å². The Bertz CT molecular complexity index is 2480. The Morgan fingerprint density at radius 3 is 1.49 bits per heavy atom. The van der Waals surface area contributed by atoms with E-state index in [9.17, 15) is 0 Å². The molecule has 0 nitrogen and oxygen atoms in total. The van der Waals surface area contributed by atoms with E-state index >= 15 is 0 Å². The summed E-state index contributed by atoms with van der Waals surface area (Å²) in [5, 5.41) is 11.0. The Labute approximate surface area is 246 Å². The van der Waals surface area contributed by atoms with Crippen LogP contribution in [0.25, 0.3) is 84.6 Å². The first kappa shape index (κ1) is 21.1. The van der Waals surface area contributed by atoms with Gasteiger partial charge in [-0.15, -0.1) is 0 Å². The van der Waals surface area contributed by atoms with E-state index in [1.165, 1.54) is 41.5 Å². The molecule has 0 bridgehead atoms. The van der Waals surface area contributed by atoms with Crippen LogP contribution in [0, 0.1) is 0 Å². The van der Waals surface area contributed by atoms with Gasteiger partial charge in [-0.25, -0.2) is 0 Å². The van der Waals surface area contributed by atoms with Gasteiger partial charge in [0.1, 0.15) is 0 Å². The number of benzene rings is 8. The summed E-state index contributed by atoms with van der Waals surface area (Å²) in [7, 11) is 0. The summed E-state index contributed by atoms with van der Waals surface area (Å²) in [5.74, 6) is 0. The summed E-state index contributed by atoms with van der Waals surface area (Å²) in [6.07, 6.45) is 0. The molecule has 0 aliphatic carbocycles. The van der Waals surface area contributed by atoms with E-state index < -0.39 is 0 Å². The fraction of sp³-hybridized carbons (Fsp3) is 0. The van der Waals surface area contributed by atoms with Gasteiger partial charge in [-0.2, -0.15) is 0 Å². The van der Waals surface area contributed by atoms with E-state index in [0.29, 0.717) is 12.1 Å². The molecule has 0 aliphatic heterocycles. The predicted octanol–water partition coefficient (Wildman–Crippen LogP) is 11.0. The fourth-order valence-electron chi connectivity index (χ4n) is 6.61. The molecule has 0 aliphatic rings. The van der Waals surface area contributed by atoms with Crippen LogP contribution in [0.2, 0.25) is 0 Å². The van der Waals surface area contributed by atoms with Gasteiger partial charge in [0.25, 0.3) is 0 Å². The molecular formula is C40H24Se. The monoisotopic (exact) mass is 586 g/mol. The average Bonchev–Trinajstić information content (AvgIpc) is 3.44. The van der Waals surface area contributed by atoms with Crippen LogP contribution in [0.4, 0.5) is 0 Å². The van der Waals surface area contributed by atoms with Crippen LogP contribution in [0.15, 0.2) is 146 Å². The molecule has 0 N–H and O–H groups in total. The van der Waals surface area contributed by atoms with Crippen LogP contribution in [-0.4, -0.2) is 14.5 Å². The van der Waals surface area contributed by atoms with Crippen LogP contribution in [0.5, 0.6) is 0 Å². The van der Waals surface area contributed by atoms with Crippen molar-refractivity contribution in [3.05, 3.63) is 146 Å². The molecule has 190 valence electrons. The van der Waals surface area contributed by atoms with Crippen molar-refractivity contribution in [2.75, 3.05) is 0 Å². The van der Waals surface area contributed by atoms with Gasteiger partial charge in [-0.3, -0.25) is 0 Å². The van der Waals surface area contributed by atoms with Gasteiger partial charge < -0.3 is 0 Å². The Morgan fingerprint density at radius 1 is 0.415 bits per heavy atom. The van der Waals surface area contributed by atoms with Crippen molar-refractivity contribution in [2.24, 2.45) is 0 Å². The van der Waals surface area contributed by atoms with Crippen molar-refractivity contribution in [3.63, 3.8) is 0 Å². The molecule has 9 aromatic rings. The van der Waals surface area contributed by atoms with Crippen molar-refractivity contribution < 1.29 is 2.74 Å². The van der Waals surface area contributed by atoms with Crippen LogP contribution in [0.1, 0.15) is 2.74 Å². The molecular weight excluding hydrogens is 559 g/mol. The Balaban J connectivity index is 1.42. The van der Waals surface area contributed by atoms with Gasteiger partial charge in [-0.1, -0.05) is 0 Å². The summed E-state index contributed by atoms with van der Waals surface area (Å²) < 4.78 is 20.8. The van der Waals surface area contributed by atoms with Crippen LogP contribution < -0.4 is 0 Å². The minimum atomic E-state index is 0.204. The number of fused-ring (bicyclic) bond motifs is 7. The zero-order valence-electron chi connectivity index (χ0n) is 24.1. The maximum atomic E-state index is 9.02. The molecule has 9 rings (SSSR count). The summed E-state index contributed by atoms with van der Waals surface area (Å²) in [6, 6.07) is 48.4. The third-order valence-corrected chi connectivity index (χ3v) is 10.8. The molecule has 0 atom stereocenters. The molecule has 0 saturated heterocycles. The van der Waals surface area contributed by atoms with E-state index in [1.807, 2.05) is 24.3 Å². The van der Waals surface area contributed by atoms with E-state index in [4.69, 9.17) is 2.74 Å². The third kappa shape index (κ3) is 3.47. The molecule has 1 heterocycles. The first-order valence-electron chi connectivity index (χ1n) is 14.9. The van der Waals surface area contributed by atoms with E-state index in [0.717, 1.165) is 43.1 Å². The molecule has 0 fully saturated rings. The van der Waals surface area contributed by atoms with Crippen molar-refractivity contribution >= 4 is 76.9 Å². The third-order valence-electron chi connectivity index (χ3n) is 8.38. The van der Waals surface area contributed by atoms with E-state index in [1.54, 1.807) is 0 Å². The normalized spacial score (nSPS) is 12.6. The number of hydrogen-bond donors (Lipinski definition) is 0. The first-order chi connectivity index (χ1) is 21.2. The molecule has 8 aromatic carbocycles. The molecule has 0 unspecified atom stereocenters. The predicted molar refractivity (Wildman–Crippen MR) is 179 cm³/mol. The van der Waals surface area contributed by atoms with Gasteiger partial charge >= 0.3 is 247 Å². The minimum absolute atomic E-state index is 0.204. The van der Waals surface area contributed by atoms with E-state index in [-0.39, 0.29) is 14.5 Å². The Morgan fingerprint density at radius 2 is 0.927 bits per heavy atom. The second-order valence-corrected chi connectivity index (χ2v) is 12.9. The van der Waals surface area contributed by atoms with Gasteiger partial charge in [0, 0.05) is 0 Å². The summed E-state index contributed by atoms with van der Waals surface area (Å²) >= 11 is 0.204. The zero-order valence-corrected chi connectivity index (χ0v) is 23.8. The van der Waals surface area contributed by atoms with Crippen molar-refractivity contribution in [1.82, 2.24) is 0 Å². The Kier molecular flexibility index (Phi) is 4.59. The van der Waals surface area contributed by atoms with Gasteiger partial charge in [0.2, 0.25) is 0 Å². The maximum absolute atomic E-state index is 9.02. The molecule has 0 amide bonds. The molecule has 41 heavy (non-hydrogen) atoms. The second kappa shape index (κ2) is 8.91. The van der Waals surface area contributed by atoms with E-state index in [2.05, 4.69) is 109 Å². The van der Waals surface area contributed by atoms with Crippen molar-refractivity contribution in [3.8, 4) is 22.3 Å². The molecule has 0 saturated carbocycles. The Hall–Kier alpha value is -4.68. The van der Waals surface area contributed by atoms with Gasteiger partial charge in [0.05, 0.1) is 0 Å². The number of rotatable bonds is 2. The molecule has 0 spiro atoms. The molecule has 1 aromatic heterocycles. The summed E-state index contributed by atoms with van der Waals surface area (Å²) in [5.41, 5.74) is 4.82. The topological polar surface area (TPSA) is 0 Å². The quantitative estimate of drug-likeness (QED) is 0.140. The van der Waals surface area contributed by atoms with Crippen LogP contribution in [0.3, 0.4) is 0 Å². The summed E-state index contributed by atoms with van der Waals surface area (Å²) in [6.45, 7) is 0. The van der Waals surface area contributed by atoms with Crippen molar-refractivity contribution in [2.45, 2.75) is 0 Å². The zero-order chi connectivity index (χ0) is 28.7. The molecule has 1 heteroatoms. The van der Waals surface area contributed by atoms with Crippen LogP contribution in [-0.2, 0) is 0 Å².